The summed E-state index contributed by atoms with van der Waals surface area (Å²) in [7, 11) is 0. The molecule has 2 amide bonds. The van der Waals surface area contributed by atoms with Crippen molar-refractivity contribution in [3.05, 3.63) is 30.3 Å². The highest BCUT2D eigenvalue weighted by atomic mass is 16.2. The summed E-state index contributed by atoms with van der Waals surface area (Å²) in [4.78, 5) is 28.1. The van der Waals surface area contributed by atoms with Gasteiger partial charge in [0.1, 0.15) is 0 Å². The largest absolute Gasteiger partial charge is 0.371 e. The Morgan fingerprint density at radius 3 is 2.68 bits per heavy atom. The Hall–Kier alpha value is -2.08. The Bertz CT molecular complexity index is 592. The minimum Gasteiger partial charge on any atom is -0.371 e. The van der Waals surface area contributed by atoms with E-state index < -0.39 is 0 Å². The molecule has 1 aromatic carbocycles. The van der Waals surface area contributed by atoms with E-state index in [-0.39, 0.29) is 24.4 Å². The number of rotatable bonds is 6. The summed E-state index contributed by atoms with van der Waals surface area (Å²) in [5.41, 5.74) is 6.70. The number of para-hydroxylation sites is 1. The molecule has 2 unspecified atom stereocenters. The van der Waals surface area contributed by atoms with Crippen molar-refractivity contribution in [2.45, 2.75) is 31.7 Å². The third kappa shape index (κ3) is 4.72. The van der Waals surface area contributed by atoms with Crippen LogP contribution in [0, 0.1) is 5.92 Å². The quantitative estimate of drug-likeness (QED) is 0.806. The second-order valence-electron chi connectivity index (χ2n) is 7.12. The zero-order valence-electron chi connectivity index (χ0n) is 14.7. The van der Waals surface area contributed by atoms with Gasteiger partial charge in [0.15, 0.2) is 0 Å². The zero-order chi connectivity index (χ0) is 17.6. The van der Waals surface area contributed by atoms with Gasteiger partial charge in [-0.15, -0.1) is 0 Å². The Morgan fingerprint density at radius 1 is 1.12 bits per heavy atom. The van der Waals surface area contributed by atoms with Crippen LogP contribution in [0.2, 0.25) is 0 Å². The van der Waals surface area contributed by atoms with E-state index in [1.54, 1.807) is 0 Å². The van der Waals surface area contributed by atoms with Gasteiger partial charge < -0.3 is 16.0 Å². The van der Waals surface area contributed by atoms with Crippen LogP contribution in [0.1, 0.15) is 25.7 Å². The SMILES string of the molecule is NC(=O)C1CCCCN1CC(=O)NCC1CCN(c2ccccc2)C1. The lowest BCUT2D eigenvalue weighted by atomic mass is 10.0. The molecule has 3 rings (SSSR count). The molecule has 0 bridgehead atoms. The van der Waals surface area contributed by atoms with Gasteiger partial charge in [-0.1, -0.05) is 24.6 Å². The highest BCUT2D eigenvalue weighted by Gasteiger charge is 2.29. The smallest absolute Gasteiger partial charge is 0.234 e. The molecular formula is C19H28N4O2. The van der Waals surface area contributed by atoms with E-state index in [4.69, 9.17) is 5.73 Å². The lowest BCUT2D eigenvalue weighted by Crippen LogP contribution is -2.51. The fraction of sp³-hybridized carbons (Fsp3) is 0.579. The lowest BCUT2D eigenvalue weighted by Gasteiger charge is -2.32. The second-order valence-corrected chi connectivity index (χ2v) is 7.12. The predicted octanol–water partition coefficient (Wildman–Crippen LogP) is 0.969. The molecule has 0 saturated carbocycles. The lowest BCUT2D eigenvalue weighted by molar-refractivity contribution is -0.128. The van der Waals surface area contributed by atoms with E-state index in [9.17, 15) is 9.59 Å². The molecular weight excluding hydrogens is 316 g/mol. The molecule has 2 heterocycles. The van der Waals surface area contributed by atoms with Gasteiger partial charge in [0.2, 0.25) is 11.8 Å². The van der Waals surface area contributed by atoms with E-state index in [1.807, 2.05) is 11.0 Å². The maximum atomic E-state index is 12.3. The second kappa shape index (κ2) is 8.34. The Kier molecular flexibility index (Phi) is 5.91. The number of likely N-dealkylation sites (tertiary alicyclic amines) is 1. The Morgan fingerprint density at radius 2 is 1.92 bits per heavy atom. The summed E-state index contributed by atoms with van der Waals surface area (Å²) >= 11 is 0. The zero-order valence-corrected chi connectivity index (χ0v) is 14.7. The summed E-state index contributed by atoms with van der Waals surface area (Å²) in [5, 5.41) is 3.04. The van der Waals surface area contributed by atoms with E-state index in [0.29, 0.717) is 12.5 Å². The molecule has 0 aromatic heterocycles. The number of amides is 2. The predicted molar refractivity (Wildman–Crippen MR) is 98.2 cm³/mol. The van der Waals surface area contributed by atoms with Gasteiger partial charge >= 0.3 is 0 Å². The van der Waals surface area contributed by atoms with Crippen LogP contribution < -0.4 is 16.0 Å². The highest BCUT2D eigenvalue weighted by Crippen LogP contribution is 2.23. The first kappa shape index (κ1) is 17.7. The fourth-order valence-corrected chi connectivity index (χ4v) is 3.87. The number of carbonyl (C=O) groups is 2. The van der Waals surface area contributed by atoms with Crippen LogP contribution in [0.5, 0.6) is 0 Å². The Labute approximate surface area is 149 Å². The van der Waals surface area contributed by atoms with Gasteiger partial charge in [-0.2, -0.15) is 0 Å². The molecule has 1 aromatic rings. The van der Waals surface area contributed by atoms with Gasteiger partial charge in [-0.05, 0) is 43.9 Å². The molecule has 2 aliphatic heterocycles. The molecule has 0 radical (unpaired) electrons. The number of nitrogens with two attached hydrogens (primary N) is 1. The van der Waals surface area contributed by atoms with Crippen LogP contribution >= 0.6 is 0 Å². The molecule has 6 nitrogen and oxygen atoms in total. The van der Waals surface area contributed by atoms with Gasteiger partial charge in [0, 0.05) is 25.3 Å². The minimum absolute atomic E-state index is 0.00805. The maximum absolute atomic E-state index is 12.3. The van der Waals surface area contributed by atoms with Crippen LogP contribution in [-0.2, 0) is 9.59 Å². The van der Waals surface area contributed by atoms with Crippen LogP contribution in [0.4, 0.5) is 5.69 Å². The average molecular weight is 344 g/mol. The standard InChI is InChI=1S/C19H28N4O2/c20-19(25)17-8-4-5-10-23(17)14-18(24)21-12-15-9-11-22(13-15)16-6-2-1-3-7-16/h1-3,6-7,15,17H,4-5,8-14H2,(H2,20,25)(H,21,24). The van der Waals surface area contributed by atoms with Gasteiger partial charge in [-0.25, -0.2) is 0 Å². The van der Waals surface area contributed by atoms with E-state index in [1.165, 1.54) is 5.69 Å². The topological polar surface area (TPSA) is 78.7 Å². The molecule has 25 heavy (non-hydrogen) atoms. The minimum atomic E-state index is -0.318. The first-order valence-electron chi connectivity index (χ1n) is 9.23. The highest BCUT2D eigenvalue weighted by molar-refractivity contribution is 5.82. The summed E-state index contributed by atoms with van der Waals surface area (Å²) in [6, 6.07) is 10.1. The van der Waals surface area contributed by atoms with Crippen molar-refractivity contribution in [1.29, 1.82) is 0 Å². The molecule has 2 fully saturated rings. The van der Waals surface area contributed by atoms with Crippen molar-refractivity contribution in [3.8, 4) is 0 Å². The van der Waals surface area contributed by atoms with Crippen LogP contribution in [0.3, 0.4) is 0 Å². The molecule has 136 valence electrons. The van der Waals surface area contributed by atoms with Crippen molar-refractivity contribution < 1.29 is 9.59 Å². The molecule has 3 N–H and O–H groups in total. The van der Waals surface area contributed by atoms with E-state index >= 15 is 0 Å². The van der Waals surface area contributed by atoms with Crippen LogP contribution in [0.15, 0.2) is 30.3 Å². The first-order valence-corrected chi connectivity index (χ1v) is 9.23. The number of nitrogens with one attached hydrogen (secondary N) is 1. The number of benzene rings is 1. The average Bonchev–Trinajstić information content (AvgIpc) is 3.10. The number of carbonyl (C=O) groups excluding carboxylic acids is 2. The van der Waals surface area contributed by atoms with Gasteiger partial charge in [-0.3, -0.25) is 14.5 Å². The number of nitrogens with zero attached hydrogens (tertiary/aromatic N) is 2. The van der Waals surface area contributed by atoms with E-state index in [0.717, 1.165) is 45.3 Å². The van der Waals surface area contributed by atoms with Crippen molar-refractivity contribution in [1.82, 2.24) is 10.2 Å². The summed E-state index contributed by atoms with van der Waals surface area (Å²) in [6.07, 6.45) is 3.87. The third-order valence-electron chi connectivity index (χ3n) is 5.28. The van der Waals surface area contributed by atoms with E-state index in [2.05, 4.69) is 34.5 Å². The van der Waals surface area contributed by atoms with Gasteiger partial charge in [0.25, 0.3) is 0 Å². The normalized spacial score (nSPS) is 24.2. The number of hydrogen-bond acceptors (Lipinski definition) is 4. The Balaban J connectivity index is 1.43. The van der Waals surface area contributed by atoms with Crippen molar-refractivity contribution in [2.24, 2.45) is 11.7 Å². The summed E-state index contributed by atoms with van der Waals surface area (Å²) in [6.45, 7) is 3.73. The fourth-order valence-electron chi connectivity index (χ4n) is 3.87. The van der Waals surface area contributed by atoms with Crippen LogP contribution in [0.25, 0.3) is 0 Å². The third-order valence-corrected chi connectivity index (χ3v) is 5.28. The van der Waals surface area contributed by atoms with Crippen molar-refractivity contribution in [3.63, 3.8) is 0 Å². The molecule has 2 atom stereocenters. The number of piperidine rings is 1. The maximum Gasteiger partial charge on any atom is 0.234 e. The molecule has 2 aliphatic rings. The van der Waals surface area contributed by atoms with Crippen molar-refractivity contribution >= 4 is 17.5 Å². The van der Waals surface area contributed by atoms with Gasteiger partial charge in [0.05, 0.1) is 12.6 Å². The monoisotopic (exact) mass is 344 g/mol. The molecule has 0 spiro atoms. The summed E-state index contributed by atoms with van der Waals surface area (Å²) < 4.78 is 0. The molecule has 0 aliphatic carbocycles. The first-order chi connectivity index (χ1) is 12.1. The number of hydrogen-bond donors (Lipinski definition) is 2. The number of primary amides is 1. The summed E-state index contributed by atoms with van der Waals surface area (Å²) in [5.74, 6) is 0.144. The van der Waals surface area contributed by atoms with Crippen LogP contribution in [-0.4, -0.2) is 55.5 Å². The van der Waals surface area contributed by atoms with Crippen molar-refractivity contribution in [2.75, 3.05) is 37.6 Å². The molecule has 2 saturated heterocycles. The number of anilines is 1. The molecule has 6 heteroatoms.